The summed E-state index contributed by atoms with van der Waals surface area (Å²) < 4.78 is 0. The van der Waals surface area contributed by atoms with E-state index in [9.17, 15) is 9.59 Å². The summed E-state index contributed by atoms with van der Waals surface area (Å²) in [5, 5.41) is 16.4. The van der Waals surface area contributed by atoms with Crippen molar-refractivity contribution in [3.05, 3.63) is 23.1 Å². The Balaban J connectivity index is 4.46. The predicted molar refractivity (Wildman–Crippen MR) is 38.3 cm³/mol. The SMILES string of the molecule is O=CC(=O)/C=C(Cl)/C(O)=C/O. The van der Waals surface area contributed by atoms with Crippen LogP contribution in [0.1, 0.15) is 0 Å². The van der Waals surface area contributed by atoms with Gasteiger partial charge < -0.3 is 10.2 Å². The summed E-state index contributed by atoms with van der Waals surface area (Å²) in [4.78, 5) is 20.0. The van der Waals surface area contributed by atoms with Gasteiger partial charge >= 0.3 is 0 Å². The largest absolute Gasteiger partial charge is 0.512 e. The number of hydrogen-bond donors (Lipinski definition) is 2. The molecule has 0 radical (unpaired) electrons. The van der Waals surface area contributed by atoms with Crippen molar-refractivity contribution in [2.75, 3.05) is 0 Å². The second-order valence-electron chi connectivity index (χ2n) is 1.53. The number of hydrogen-bond acceptors (Lipinski definition) is 4. The lowest BCUT2D eigenvalue weighted by atomic mass is 10.3. The Labute approximate surface area is 67.4 Å². The van der Waals surface area contributed by atoms with Gasteiger partial charge in [0.25, 0.3) is 0 Å². The number of aldehydes is 1. The number of carbonyl (C=O) groups is 2. The van der Waals surface area contributed by atoms with E-state index >= 15 is 0 Å². The molecular formula is C6H5ClO4. The molecule has 60 valence electrons. The first-order valence-electron chi connectivity index (χ1n) is 2.52. The van der Waals surface area contributed by atoms with Crippen LogP contribution in [0.4, 0.5) is 0 Å². The zero-order valence-corrected chi connectivity index (χ0v) is 6.08. The molecule has 0 aromatic carbocycles. The third-order valence-corrected chi connectivity index (χ3v) is 1.05. The highest BCUT2D eigenvalue weighted by molar-refractivity contribution is 6.38. The molecule has 0 saturated carbocycles. The van der Waals surface area contributed by atoms with Crippen molar-refractivity contribution in [1.29, 1.82) is 0 Å². The molecule has 0 aliphatic heterocycles. The average molecular weight is 177 g/mol. The van der Waals surface area contributed by atoms with Gasteiger partial charge in [-0.15, -0.1) is 0 Å². The first kappa shape index (κ1) is 9.71. The molecule has 0 rings (SSSR count). The van der Waals surface area contributed by atoms with Gasteiger partial charge in [0.1, 0.15) is 6.26 Å². The Morgan fingerprint density at radius 3 is 2.36 bits per heavy atom. The molecule has 0 aromatic rings. The van der Waals surface area contributed by atoms with E-state index in [0.29, 0.717) is 12.3 Å². The Morgan fingerprint density at radius 2 is 2.00 bits per heavy atom. The second-order valence-corrected chi connectivity index (χ2v) is 1.93. The van der Waals surface area contributed by atoms with Crippen LogP contribution in [-0.4, -0.2) is 22.3 Å². The molecule has 0 atom stereocenters. The van der Waals surface area contributed by atoms with Gasteiger partial charge in [0.15, 0.2) is 12.0 Å². The van der Waals surface area contributed by atoms with E-state index in [0.717, 1.165) is 0 Å². The Morgan fingerprint density at radius 1 is 1.45 bits per heavy atom. The van der Waals surface area contributed by atoms with Crippen LogP contribution in [0.25, 0.3) is 0 Å². The molecular weight excluding hydrogens is 172 g/mol. The minimum absolute atomic E-state index is 0.0348. The summed E-state index contributed by atoms with van der Waals surface area (Å²) >= 11 is 5.21. The second kappa shape index (κ2) is 4.51. The Bertz CT molecular complexity index is 229. The van der Waals surface area contributed by atoms with Crippen LogP contribution in [0.3, 0.4) is 0 Å². The van der Waals surface area contributed by atoms with Gasteiger partial charge in [-0.25, -0.2) is 0 Å². The van der Waals surface area contributed by atoms with Crippen LogP contribution in [0.5, 0.6) is 0 Å². The van der Waals surface area contributed by atoms with E-state index in [1.807, 2.05) is 0 Å². The molecule has 0 unspecified atom stereocenters. The standard InChI is InChI=1S/C6H5ClO4/c7-5(6(11)3-9)1-4(10)2-8/h1-3,9,11H/b5-1-,6-3-. The Kier molecular flexibility index (Phi) is 3.98. The molecule has 0 amide bonds. The molecule has 0 saturated heterocycles. The van der Waals surface area contributed by atoms with Crippen LogP contribution in [0.2, 0.25) is 0 Å². The van der Waals surface area contributed by atoms with Crippen molar-refractivity contribution >= 4 is 23.7 Å². The summed E-state index contributed by atoms with van der Waals surface area (Å²) in [6.07, 6.45) is 1.04. The maximum absolute atomic E-state index is 10.3. The lowest BCUT2D eigenvalue weighted by molar-refractivity contribution is -0.126. The highest BCUT2D eigenvalue weighted by Crippen LogP contribution is 2.09. The van der Waals surface area contributed by atoms with Crippen molar-refractivity contribution in [3.8, 4) is 0 Å². The molecule has 0 aromatic heterocycles. The van der Waals surface area contributed by atoms with Crippen LogP contribution < -0.4 is 0 Å². The predicted octanol–water partition coefficient (Wildman–Crippen LogP) is 0.834. The number of aliphatic hydroxyl groups is 2. The lowest BCUT2D eigenvalue weighted by Gasteiger charge is -1.91. The summed E-state index contributed by atoms with van der Waals surface area (Å²) in [6, 6.07) is 0. The Hall–Kier alpha value is -1.29. The number of carbonyl (C=O) groups excluding carboxylic acids is 2. The fourth-order valence-corrected chi connectivity index (χ4v) is 0.451. The molecule has 0 fully saturated rings. The number of halogens is 1. The van der Waals surface area contributed by atoms with E-state index in [2.05, 4.69) is 0 Å². The molecule has 11 heavy (non-hydrogen) atoms. The first-order chi connectivity index (χ1) is 5.11. The third-order valence-electron chi connectivity index (χ3n) is 0.752. The molecule has 0 spiro atoms. The van der Waals surface area contributed by atoms with Gasteiger partial charge in [-0.3, -0.25) is 9.59 Å². The molecule has 4 nitrogen and oxygen atoms in total. The van der Waals surface area contributed by atoms with Gasteiger partial charge in [-0.1, -0.05) is 11.6 Å². The zero-order chi connectivity index (χ0) is 8.85. The number of allylic oxidation sites excluding steroid dienone is 2. The van der Waals surface area contributed by atoms with E-state index in [4.69, 9.17) is 21.8 Å². The van der Waals surface area contributed by atoms with E-state index in [1.165, 1.54) is 0 Å². The normalized spacial score (nSPS) is 12.8. The fourth-order valence-electron chi connectivity index (χ4n) is 0.295. The fraction of sp³-hybridized carbons (Fsp3) is 0. The van der Waals surface area contributed by atoms with Crippen molar-refractivity contribution in [1.82, 2.24) is 0 Å². The van der Waals surface area contributed by atoms with Crippen LogP contribution in [0.15, 0.2) is 23.1 Å². The van der Waals surface area contributed by atoms with Gasteiger partial charge in [-0.2, -0.15) is 0 Å². The maximum atomic E-state index is 10.3. The van der Waals surface area contributed by atoms with Gasteiger partial charge in [0.05, 0.1) is 5.03 Å². The molecule has 2 N–H and O–H groups in total. The zero-order valence-electron chi connectivity index (χ0n) is 5.32. The van der Waals surface area contributed by atoms with Gasteiger partial charge in [0.2, 0.25) is 5.78 Å². The first-order valence-corrected chi connectivity index (χ1v) is 2.89. The summed E-state index contributed by atoms with van der Waals surface area (Å²) in [5.41, 5.74) is 0. The van der Waals surface area contributed by atoms with Gasteiger partial charge in [0, 0.05) is 6.08 Å². The topological polar surface area (TPSA) is 74.6 Å². The number of aliphatic hydroxyl groups excluding tert-OH is 2. The molecule has 0 aliphatic carbocycles. The van der Waals surface area contributed by atoms with Crippen molar-refractivity contribution in [2.24, 2.45) is 0 Å². The monoisotopic (exact) mass is 176 g/mol. The highest BCUT2D eigenvalue weighted by atomic mass is 35.5. The molecule has 0 bridgehead atoms. The van der Waals surface area contributed by atoms with E-state index < -0.39 is 11.5 Å². The maximum Gasteiger partial charge on any atom is 0.219 e. The van der Waals surface area contributed by atoms with Crippen molar-refractivity contribution in [2.45, 2.75) is 0 Å². The third kappa shape index (κ3) is 3.42. The van der Waals surface area contributed by atoms with Crippen molar-refractivity contribution < 1.29 is 19.8 Å². The quantitative estimate of drug-likeness (QED) is 0.220. The summed E-state index contributed by atoms with van der Waals surface area (Å²) in [7, 11) is 0. The average Bonchev–Trinajstić information content (AvgIpc) is 2.02. The number of ketones is 1. The summed E-state index contributed by atoms with van der Waals surface area (Å²) in [6.45, 7) is 0. The van der Waals surface area contributed by atoms with E-state index in [1.54, 1.807) is 0 Å². The van der Waals surface area contributed by atoms with Crippen LogP contribution in [0, 0.1) is 0 Å². The van der Waals surface area contributed by atoms with E-state index in [-0.39, 0.29) is 11.3 Å². The smallest absolute Gasteiger partial charge is 0.219 e. The minimum Gasteiger partial charge on any atom is -0.512 e. The molecule has 0 aliphatic rings. The van der Waals surface area contributed by atoms with Crippen LogP contribution in [-0.2, 0) is 9.59 Å². The van der Waals surface area contributed by atoms with Crippen LogP contribution >= 0.6 is 11.6 Å². The number of rotatable bonds is 3. The molecule has 5 heteroatoms. The summed E-state index contributed by atoms with van der Waals surface area (Å²) in [5.74, 6) is -1.55. The minimum atomic E-state index is -0.886. The molecule has 0 heterocycles. The van der Waals surface area contributed by atoms with Gasteiger partial charge in [-0.05, 0) is 0 Å². The highest BCUT2D eigenvalue weighted by Gasteiger charge is 2.01. The van der Waals surface area contributed by atoms with Crippen molar-refractivity contribution in [3.63, 3.8) is 0 Å². The lowest BCUT2D eigenvalue weighted by Crippen LogP contribution is -1.94.